The van der Waals surface area contributed by atoms with Crippen LogP contribution in [0.15, 0.2) is 30.6 Å². The third-order valence-electron chi connectivity index (χ3n) is 5.19. The second-order valence-corrected chi connectivity index (χ2v) is 7.44. The average molecular weight is 404 g/mol. The average Bonchev–Trinajstić information content (AvgIpc) is 2.74. The molecule has 0 aromatic carbocycles. The Balaban J connectivity index is 1.66. The smallest absolute Gasteiger partial charge is 0.242 e. The van der Waals surface area contributed by atoms with Crippen molar-refractivity contribution < 1.29 is 9.53 Å². The molecular weight excluding hydrogens is 378 g/mol. The molecule has 2 aromatic heterocycles. The normalized spacial score (nSPS) is 18.5. The first-order chi connectivity index (χ1) is 13.5. The molecule has 0 spiro atoms. The van der Waals surface area contributed by atoms with Crippen molar-refractivity contribution in [2.45, 2.75) is 38.3 Å². The molecule has 150 valence electrons. The number of carbonyl (C=O) groups excluding carboxylic acids is 1. The van der Waals surface area contributed by atoms with Crippen LogP contribution < -0.4 is 15.8 Å². The summed E-state index contributed by atoms with van der Waals surface area (Å²) < 4.78 is 5.26. The topological polar surface area (TPSA) is 93.4 Å². The third-order valence-corrected chi connectivity index (χ3v) is 5.41. The van der Waals surface area contributed by atoms with Crippen LogP contribution in [0.5, 0.6) is 5.88 Å². The molecule has 0 radical (unpaired) electrons. The third kappa shape index (κ3) is 4.79. The number of nitrogens with two attached hydrogens (primary N) is 1. The SMILES string of the molecule is COc1ncc(C2CCCN([C@@H](C)C(=O)Nc3ccc(Cl)cn3)C2)cc1CN. The molecule has 1 fully saturated rings. The molecule has 1 aliphatic heterocycles. The fourth-order valence-electron chi connectivity index (χ4n) is 3.55. The van der Waals surface area contributed by atoms with Crippen molar-refractivity contribution in [1.29, 1.82) is 0 Å². The van der Waals surface area contributed by atoms with E-state index >= 15 is 0 Å². The van der Waals surface area contributed by atoms with Gasteiger partial charge in [-0.15, -0.1) is 0 Å². The highest BCUT2D eigenvalue weighted by molar-refractivity contribution is 6.30. The van der Waals surface area contributed by atoms with Crippen molar-refractivity contribution in [3.63, 3.8) is 0 Å². The molecule has 3 heterocycles. The second-order valence-electron chi connectivity index (χ2n) is 7.00. The molecule has 3 N–H and O–H groups in total. The minimum Gasteiger partial charge on any atom is -0.481 e. The molecule has 2 atom stereocenters. The fourth-order valence-corrected chi connectivity index (χ4v) is 3.66. The first-order valence-corrected chi connectivity index (χ1v) is 9.79. The van der Waals surface area contributed by atoms with Gasteiger partial charge in [0, 0.05) is 31.0 Å². The van der Waals surface area contributed by atoms with Gasteiger partial charge in [0.15, 0.2) is 0 Å². The van der Waals surface area contributed by atoms with Gasteiger partial charge in [-0.2, -0.15) is 0 Å². The van der Waals surface area contributed by atoms with Gasteiger partial charge in [-0.05, 0) is 56.0 Å². The number of hydrogen-bond donors (Lipinski definition) is 2. The number of carbonyl (C=O) groups is 1. The minimum absolute atomic E-state index is 0.0778. The molecule has 8 heteroatoms. The number of halogens is 1. The molecule has 0 aliphatic carbocycles. The number of pyridine rings is 2. The highest BCUT2D eigenvalue weighted by atomic mass is 35.5. The van der Waals surface area contributed by atoms with Crippen LogP contribution in [-0.4, -0.2) is 47.0 Å². The molecule has 1 saturated heterocycles. The predicted molar refractivity (Wildman–Crippen MR) is 110 cm³/mol. The quantitative estimate of drug-likeness (QED) is 0.770. The Bertz CT molecular complexity index is 815. The van der Waals surface area contributed by atoms with Gasteiger partial charge in [0.2, 0.25) is 11.8 Å². The number of anilines is 1. The molecule has 1 amide bonds. The van der Waals surface area contributed by atoms with Crippen LogP contribution in [0.1, 0.15) is 36.8 Å². The first kappa shape index (κ1) is 20.5. The molecule has 2 aromatic rings. The Hall–Kier alpha value is -2.22. The zero-order valence-electron chi connectivity index (χ0n) is 16.2. The van der Waals surface area contributed by atoms with Crippen LogP contribution in [0, 0.1) is 0 Å². The number of rotatable bonds is 6. The van der Waals surface area contributed by atoms with Gasteiger partial charge in [-0.1, -0.05) is 11.6 Å². The van der Waals surface area contributed by atoms with E-state index in [1.165, 1.54) is 6.20 Å². The van der Waals surface area contributed by atoms with Crippen LogP contribution in [0.25, 0.3) is 0 Å². The van der Waals surface area contributed by atoms with E-state index in [1.54, 1.807) is 19.2 Å². The summed E-state index contributed by atoms with van der Waals surface area (Å²) in [6.45, 7) is 3.98. The zero-order chi connectivity index (χ0) is 20.1. The number of nitrogens with zero attached hydrogens (tertiary/aromatic N) is 3. The van der Waals surface area contributed by atoms with Crippen LogP contribution in [0.3, 0.4) is 0 Å². The molecule has 0 saturated carbocycles. The molecular formula is C20H26ClN5O2. The number of methoxy groups -OCH3 is 1. The lowest BCUT2D eigenvalue weighted by molar-refractivity contribution is -0.121. The largest absolute Gasteiger partial charge is 0.481 e. The van der Waals surface area contributed by atoms with Crippen molar-refractivity contribution in [3.05, 3.63) is 46.7 Å². The fraction of sp³-hybridized carbons (Fsp3) is 0.450. The number of nitrogens with one attached hydrogen (secondary N) is 1. The summed E-state index contributed by atoms with van der Waals surface area (Å²) in [4.78, 5) is 23.4. The monoisotopic (exact) mass is 403 g/mol. The Labute approximate surface area is 170 Å². The van der Waals surface area contributed by atoms with E-state index in [1.807, 2.05) is 13.1 Å². The van der Waals surface area contributed by atoms with E-state index in [4.69, 9.17) is 22.1 Å². The van der Waals surface area contributed by atoms with Crippen LogP contribution >= 0.6 is 11.6 Å². The Morgan fingerprint density at radius 3 is 2.93 bits per heavy atom. The van der Waals surface area contributed by atoms with Crippen molar-refractivity contribution in [1.82, 2.24) is 14.9 Å². The highest BCUT2D eigenvalue weighted by Crippen LogP contribution is 2.30. The summed E-state index contributed by atoms with van der Waals surface area (Å²) in [6, 6.07) is 5.21. The number of hydrogen-bond acceptors (Lipinski definition) is 6. The van der Waals surface area contributed by atoms with Gasteiger partial charge in [-0.3, -0.25) is 9.69 Å². The van der Waals surface area contributed by atoms with Gasteiger partial charge in [-0.25, -0.2) is 9.97 Å². The lowest BCUT2D eigenvalue weighted by atomic mass is 9.90. The van der Waals surface area contributed by atoms with Crippen LogP contribution in [0.2, 0.25) is 5.02 Å². The summed E-state index contributed by atoms with van der Waals surface area (Å²) in [7, 11) is 1.60. The zero-order valence-corrected chi connectivity index (χ0v) is 16.9. The maximum atomic E-state index is 12.7. The first-order valence-electron chi connectivity index (χ1n) is 9.41. The summed E-state index contributed by atoms with van der Waals surface area (Å²) in [6.07, 6.45) is 5.45. The number of likely N-dealkylation sites (tertiary alicyclic amines) is 1. The number of piperidine rings is 1. The van der Waals surface area contributed by atoms with Crippen LogP contribution in [-0.2, 0) is 11.3 Å². The van der Waals surface area contributed by atoms with Crippen molar-refractivity contribution in [2.75, 3.05) is 25.5 Å². The lowest BCUT2D eigenvalue weighted by Crippen LogP contribution is -2.46. The van der Waals surface area contributed by atoms with Crippen molar-refractivity contribution in [2.24, 2.45) is 5.73 Å². The summed E-state index contributed by atoms with van der Waals surface area (Å²) in [5.74, 6) is 1.30. The van der Waals surface area contributed by atoms with Gasteiger partial charge < -0.3 is 15.8 Å². The van der Waals surface area contributed by atoms with E-state index in [0.29, 0.717) is 29.2 Å². The molecule has 1 aliphatic rings. The predicted octanol–water partition coefficient (Wildman–Crippen LogP) is 2.80. The maximum absolute atomic E-state index is 12.7. The molecule has 28 heavy (non-hydrogen) atoms. The van der Waals surface area contributed by atoms with Gasteiger partial charge in [0.1, 0.15) is 5.82 Å². The van der Waals surface area contributed by atoms with Gasteiger partial charge in [0.25, 0.3) is 0 Å². The van der Waals surface area contributed by atoms with E-state index in [-0.39, 0.29) is 11.9 Å². The van der Waals surface area contributed by atoms with E-state index < -0.39 is 0 Å². The summed E-state index contributed by atoms with van der Waals surface area (Å²) in [5.41, 5.74) is 7.86. The standard InChI is InChI=1S/C20H26ClN5O2/c1-13(19(27)25-18-6-5-17(21)11-23-18)26-7-3-4-14(12-26)16-8-15(9-22)20(28-2)24-10-16/h5-6,8,10-11,13-14H,3-4,7,9,12,22H2,1-2H3,(H,23,25,27)/t13-,14?/m0/s1. The number of aromatic nitrogens is 2. The lowest BCUT2D eigenvalue weighted by Gasteiger charge is -2.36. The van der Waals surface area contributed by atoms with E-state index in [2.05, 4.69) is 26.3 Å². The minimum atomic E-state index is -0.263. The van der Waals surface area contributed by atoms with Gasteiger partial charge >= 0.3 is 0 Å². The molecule has 1 unspecified atom stereocenters. The Kier molecular flexibility index (Phi) is 6.83. The Morgan fingerprint density at radius 1 is 1.43 bits per heavy atom. The highest BCUT2D eigenvalue weighted by Gasteiger charge is 2.29. The van der Waals surface area contributed by atoms with E-state index in [9.17, 15) is 4.79 Å². The van der Waals surface area contributed by atoms with Crippen molar-refractivity contribution in [3.8, 4) is 5.88 Å². The number of amides is 1. The summed E-state index contributed by atoms with van der Waals surface area (Å²) >= 11 is 5.84. The summed E-state index contributed by atoms with van der Waals surface area (Å²) in [5, 5.41) is 3.40. The molecule has 0 bridgehead atoms. The second kappa shape index (κ2) is 9.32. The Morgan fingerprint density at radius 2 is 2.25 bits per heavy atom. The van der Waals surface area contributed by atoms with Crippen LogP contribution in [0.4, 0.5) is 5.82 Å². The molecule has 3 rings (SSSR count). The van der Waals surface area contributed by atoms with Crippen molar-refractivity contribution >= 4 is 23.3 Å². The number of ether oxygens (including phenoxy) is 1. The molecule has 7 nitrogen and oxygen atoms in total. The maximum Gasteiger partial charge on any atom is 0.242 e. The van der Waals surface area contributed by atoms with E-state index in [0.717, 1.165) is 37.1 Å². The van der Waals surface area contributed by atoms with Gasteiger partial charge in [0.05, 0.1) is 18.2 Å².